The van der Waals surface area contributed by atoms with E-state index in [1.807, 2.05) is 0 Å². The lowest BCUT2D eigenvalue weighted by molar-refractivity contribution is -0.138. The molecule has 0 spiro atoms. The van der Waals surface area contributed by atoms with Crippen molar-refractivity contribution in [3.05, 3.63) is 139 Å². The van der Waals surface area contributed by atoms with Gasteiger partial charge in [-0.2, -0.15) is 0 Å². The third kappa shape index (κ3) is 13.8. The van der Waals surface area contributed by atoms with Crippen molar-refractivity contribution in [2.24, 2.45) is 4.99 Å². The Kier molecular flexibility index (Phi) is 16.6. The molecule has 0 heterocycles. The number of hydrogen-bond donors (Lipinski definition) is 0. The fourth-order valence-corrected chi connectivity index (χ4v) is 4.68. The summed E-state index contributed by atoms with van der Waals surface area (Å²) in [5.74, 6) is -1.43. The number of benzene rings is 4. The number of hydrogen-bond acceptors (Lipinski definition) is 13. The fourth-order valence-electron chi connectivity index (χ4n) is 4.68. The molecule has 0 fully saturated rings. The van der Waals surface area contributed by atoms with Crippen LogP contribution in [0.2, 0.25) is 0 Å². The molecule has 0 aliphatic carbocycles. The number of carbonyl (C=O) groups excluding carboxylic acids is 5. The van der Waals surface area contributed by atoms with Crippen LogP contribution in [0.3, 0.4) is 0 Å². The zero-order valence-corrected chi connectivity index (χ0v) is 30.8. The Labute approximate surface area is 324 Å². The zero-order valence-electron chi connectivity index (χ0n) is 30.8. The molecule has 0 aliphatic heterocycles. The van der Waals surface area contributed by atoms with E-state index in [1.165, 1.54) is 19.2 Å². The normalized spacial score (nSPS) is 10.5. The van der Waals surface area contributed by atoms with E-state index in [1.54, 1.807) is 85.1 Å². The number of carbonyl (C=O) groups is 5. The molecule has 0 N–H and O–H groups in total. The van der Waals surface area contributed by atoms with Crippen LogP contribution in [0.25, 0.3) is 0 Å². The largest absolute Gasteiger partial charge is 0.494 e. The van der Waals surface area contributed by atoms with Gasteiger partial charge in [0.1, 0.15) is 28.6 Å². The van der Waals surface area contributed by atoms with Crippen molar-refractivity contribution in [1.82, 2.24) is 0 Å². The molecule has 4 aromatic rings. The summed E-state index contributed by atoms with van der Waals surface area (Å²) in [6.45, 7) is 8.07. The summed E-state index contributed by atoms with van der Waals surface area (Å²) >= 11 is 0. The van der Waals surface area contributed by atoms with Gasteiger partial charge in [0.15, 0.2) is 0 Å². The second-order valence-corrected chi connectivity index (χ2v) is 11.7. The predicted molar refractivity (Wildman–Crippen MR) is 206 cm³/mol. The highest BCUT2D eigenvalue weighted by Crippen LogP contribution is 2.27. The van der Waals surface area contributed by atoms with Crippen molar-refractivity contribution < 1.29 is 57.1 Å². The van der Waals surface area contributed by atoms with Gasteiger partial charge >= 0.3 is 29.8 Å². The van der Waals surface area contributed by atoms with Crippen LogP contribution in [0.4, 0.5) is 5.69 Å². The predicted octanol–water partition coefficient (Wildman–Crippen LogP) is 7.44. The lowest BCUT2D eigenvalue weighted by Gasteiger charge is -2.10. The average Bonchev–Trinajstić information content (AvgIpc) is 3.23. The number of methoxy groups -OCH3 is 1. The lowest BCUT2D eigenvalue weighted by atomic mass is 10.1. The molecular weight excluding hydrogens is 722 g/mol. The van der Waals surface area contributed by atoms with E-state index in [2.05, 4.69) is 18.2 Å². The maximum Gasteiger partial charge on any atom is 0.343 e. The van der Waals surface area contributed by atoms with Crippen molar-refractivity contribution >= 4 is 41.7 Å². The third-order valence-corrected chi connectivity index (χ3v) is 7.64. The highest BCUT2D eigenvalue weighted by atomic mass is 16.6. The Morgan fingerprint density at radius 3 is 1.55 bits per heavy atom. The number of rotatable bonds is 21. The van der Waals surface area contributed by atoms with Gasteiger partial charge in [-0.1, -0.05) is 13.2 Å². The number of nitrogens with zero attached hydrogens (tertiary/aromatic N) is 1. The van der Waals surface area contributed by atoms with Crippen molar-refractivity contribution in [3.63, 3.8) is 0 Å². The lowest BCUT2D eigenvalue weighted by Crippen LogP contribution is -2.12. The fraction of sp³-hybridized carbons (Fsp3) is 0.209. The summed E-state index contributed by atoms with van der Waals surface area (Å²) in [5.41, 5.74) is 1.65. The summed E-state index contributed by atoms with van der Waals surface area (Å²) in [6, 6.07) is 24.0. The highest BCUT2D eigenvalue weighted by Gasteiger charge is 2.18. The van der Waals surface area contributed by atoms with Gasteiger partial charge in [0, 0.05) is 18.4 Å². The molecule has 0 atom stereocenters. The number of esters is 5. The van der Waals surface area contributed by atoms with E-state index < -0.39 is 29.8 Å². The smallest absolute Gasteiger partial charge is 0.343 e. The topological polar surface area (TPSA) is 162 Å². The number of ether oxygens (including phenoxy) is 7. The van der Waals surface area contributed by atoms with Gasteiger partial charge in [-0.3, -0.25) is 4.99 Å². The molecule has 4 aromatic carbocycles. The molecule has 0 aliphatic rings. The molecule has 13 heteroatoms. The van der Waals surface area contributed by atoms with Crippen LogP contribution in [0.1, 0.15) is 62.3 Å². The standard InChI is InChI=1S/C43H41NO12/c1-4-39(45)53-26-8-6-24-51-34-19-12-31(13-20-34)41(47)55-36-17-10-30(11-18-36)29-44-33-16-23-38(37(28-33)43(49)50-3)56-42(48)32-14-21-35(22-15-32)52-25-7-9-27-54-40(46)5-2/h4-5,10-23,28-29H,1-2,6-9,24-27H2,3H3/b44-29+. The number of unbranched alkanes of at least 4 members (excludes halogenated alkanes) is 2. The van der Waals surface area contributed by atoms with E-state index >= 15 is 0 Å². The summed E-state index contributed by atoms with van der Waals surface area (Å²) in [5, 5.41) is 0. The van der Waals surface area contributed by atoms with E-state index in [-0.39, 0.29) is 30.1 Å². The first-order valence-corrected chi connectivity index (χ1v) is 17.5. The highest BCUT2D eigenvalue weighted by molar-refractivity contribution is 5.97. The molecule has 0 aromatic heterocycles. The van der Waals surface area contributed by atoms with E-state index in [4.69, 9.17) is 33.2 Å². The summed E-state index contributed by atoms with van der Waals surface area (Å²) in [7, 11) is 1.22. The van der Waals surface area contributed by atoms with Crippen molar-refractivity contribution in [3.8, 4) is 23.0 Å². The van der Waals surface area contributed by atoms with E-state index in [9.17, 15) is 24.0 Å². The minimum Gasteiger partial charge on any atom is -0.494 e. The van der Waals surface area contributed by atoms with Gasteiger partial charge in [0.05, 0.1) is 50.4 Å². The van der Waals surface area contributed by atoms with E-state index in [0.29, 0.717) is 73.0 Å². The van der Waals surface area contributed by atoms with Crippen LogP contribution in [-0.2, 0) is 23.8 Å². The summed E-state index contributed by atoms with van der Waals surface area (Å²) in [4.78, 5) is 64.8. The Morgan fingerprint density at radius 1 is 0.571 bits per heavy atom. The van der Waals surface area contributed by atoms with Crippen LogP contribution in [0, 0.1) is 0 Å². The van der Waals surface area contributed by atoms with Crippen molar-refractivity contribution in [2.45, 2.75) is 25.7 Å². The molecule has 290 valence electrons. The molecule has 0 radical (unpaired) electrons. The molecular formula is C43H41NO12. The first-order valence-electron chi connectivity index (χ1n) is 17.5. The van der Waals surface area contributed by atoms with Crippen LogP contribution >= 0.6 is 0 Å². The van der Waals surface area contributed by atoms with Crippen LogP contribution in [0.5, 0.6) is 23.0 Å². The van der Waals surface area contributed by atoms with E-state index in [0.717, 1.165) is 12.2 Å². The summed E-state index contributed by atoms with van der Waals surface area (Å²) in [6.07, 6.45) is 6.40. The Morgan fingerprint density at radius 2 is 1.05 bits per heavy atom. The quantitative estimate of drug-likeness (QED) is 0.0206. The van der Waals surface area contributed by atoms with Crippen LogP contribution in [-0.4, -0.2) is 69.6 Å². The molecule has 0 saturated heterocycles. The first-order chi connectivity index (χ1) is 27.2. The Bertz CT molecular complexity index is 2000. The van der Waals surface area contributed by atoms with Crippen molar-refractivity contribution in [2.75, 3.05) is 33.5 Å². The van der Waals surface area contributed by atoms with Gasteiger partial charge in [-0.25, -0.2) is 24.0 Å². The minimum absolute atomic E-state index is 0.000158. The molecule has 0 saturated carbocycles. The Hall–Kier alpha value is -7.02. The van der Waals surface area contributed by atoms with Gasteiger partial charge in [0.25, 0.3) is 0 Å². The molecule has 4 rings (SSSR count). The second kappa shape index (κ2) is 22.3. The van der Waals surface area contributed by atoms with Crippen molar-refractivity contribution in [1.29, 1.82) is 0 Å². The minimum atomic E-state index is -0.720. The molecule has 56 heavy (non-hydrogen) atoms. The summed E-state index contributed by atoms with van der Waals surface area (Å²) < 4.78 is 37.1. The number of aliphatic imine (C=N–C) groups is 1. The maximum atomic E-state index is 12.9. The van der Waals surface area contributed by atoms with Gasteiger partial charge < -0.3 is 33.2 Å². The van der Waals surface area contributed by atoms with Crippen LogP contribution in [0.15, 0.2) is 121 Å². The van der Waals surface area contributed by atoms with Crippen LogP contribution < -0.4 is 18.9 Å². The van der Waals surface area contributed by atoms with Gasteiger partial charge in [0.2, 0.25) is 0 Å². The monoisotopic (exact) mass is 763 g/mol. The molecule has 13 nitrogen and oxygen atoms in total. The molecule has 0 amide bonds. The van der Waals surface area contributed by atoms with Gasteiger partial charge in [-0.15, -0.1) is 0 Å². The SMILES string of the molecule is C=CC(=O)OCCCCOc1ccc(C(=O)Oc2ccc(/C=N/c3ccc(OC(=O)c4ccc(OCCCCOC(=O)C=C)cc4)c(C(=O)OC)c3)cc2)cc1. The molecule has 0 bridgehead atoms. The second-order valence-electron chi connectivity index (χ2n) is 11.7. The third-order valence-electron chi connectivity index (χ3n) is 7.64. The van der Waals surface area contributed by atoms with Gasteiger partial charge in [-0.05, 0) is 122 Å². The molecule has 0 unspecified atom stereocenters. The maximum absolute atomic E-state index is 12.9. The zero-order chi connectivity index (χ0) is 40.1. The Balaban J connectivity index is 1.26. The first kappa shape index (κ1) is 41.7. The average molecular weight is 764 g/mol.